The first-order valence-corrected chi connectivity index (χ1v) is 10.0. The number of likely N-dealkylation sites (N-methyl/N-ethyl adjacent to an activating group) is 2. The third-order valence-electron chi connectivity index (χ3n) is 5.67. The molecule has 2 amide bonds. The standard InChI is InChI=1S/C23H26N4O2/c1-3-26-13-15-27(16-14-26)19-11-9-18(10-12-19)24-21-20(17-7-5-4-6-8-17)22(28)25(2)23(21)29/h4-12,24H,3,13-16H2,1-2H3. The van der Waals surface area contributed by atoms with Gasteiger partial charge in [0.1, 0.15) is 5.70 Å². The number of anilines is 2. The van der Waals surface area contributed by atoms with Crippen molar-refractivity contribution < 1.29 is 9.59 Å². The van der Waals surface area contributed by atoms with Crippen LogP contribution in [0.3, 0.4) is 0 Å². The lowest BCUT2D eigenvalue weighted by Gasteiger charge is -2.35. The summed E-state index contributed by atoms with van der Waals surface area (Å²) in [4.78, 5) is 31.3. The van der Waals surface area contributed by atoms with Gasteiger partial charge in [0.05, 0.1) is 5.57 Å². The molecule has 150 valence electrons. The summed E-state index contributed by atoms with van der Waals surface area (Å²) in [5.74, 6) is -0.595. The highest BCUT2D eigenvalue weighted by Crippen LogP contribution is 2.30. The molecule has 0 spiro atoms. The molecule has 0 atom stereocenters. The van der Waals surface area contributed by atoms with Crippen LogP contribution in [0.25, 0.3) is 5.57 Å². The molecule has 2 heterocycles. The first kappa shape index (κ1) is 19.2. The van der Waals surface area contributed by atoms with Gasteiger partial charge in [0.15, 0.2) is 0 Å². The number of nitrogens with zero attached hydrogens (tertiary/aromatic N) is 3. The van der Waals surface area contributed by atoms with Crippen molar-refractivity contribution >= 4 is 28.8 Å². The molecule has 2 aliphatic rings. The molecule has 1 saturated heterocycles. The molecule has 0 radical (unpaired) electrons. The van der Waals surface area contributed by atoms with Crippen molar-refractivity contribution in [2.75, 3.05) is 50.0 Å². The maximum atomic E-state index is 12.6. The number of amides is 2. The number of nitrogens with one attached hydrogen (secondary N) is 1. The minimum Gasteiger partial charge on any atom is -0.369 e. The van der Waals surface area contributed by atoms with E-state index in [0.29, 0.717) is 11.3 Å². The Hall–Kier alpha value is -3.12. The summed E-state index contributed by atoms with van der Waals surface area (Å²) in [6.45, 7) is 7.47. The predicted octanol–water partition coefficient (Wildman–Crippen LogP) is 2.65. The molecule has 2 aliphatic heterocycles. The van der Waals surface area contributed by atoms with Crippen LogP contribution in [0.2, 0.25) is 0 Å². The van der Waals surface area contributed by atoms with Crippen molar-refractivity contribution in [2.24, 2.45) is 0 Å². The van der Waals surface area contributed by atoms with Gasteiger partial charge in [0.2, 0.25) is 0 Å². The Morgan fingerprint density at radius 3 is 2.14 bits per heavy atom. The van der Waals surface area contributed by atoms with Gasteiger partial charge in [-0.05, 0) is 36.4 Å². The highest BCUT2D eigenvalue weighted by molar-refractivity contribution is 6.36. The Morgan fingerprint density at radius 1 is 0.862 bits per heavy atom. The van der Waals surface area contributed by atoms with Crippen LogP contribution in [-0.2, 0) is 9.59 Å². The molecule has 1 N–H and O–H groups in total. The molecule has 2 aromatic rings. The molecule has 0 aliphatic carbocycles. The third kappa shape index (κ3) is 3.76. The second-order valence-electron chi connectivity index (χ2n) is 7.38. The van der Waals surface area contributed by atoms with Gasteiger partial charge >= 0.3 is 0 Å². The van der Waals surface area contributed by atoms with E-state index < -0.39 is 0 Å². The Labute approximate surface area is 171 Å². The lowest BCUT2D eigenvalue weighted by molar-refractivity contribution is -0.135. The fourth-order valence-electron chi connectivity index (χ4n) is 3.85. The van der Waals surface area contributed by atoms with Crippen molar-refractivity contribution in [1.29, 1.82) is 0 Å². The van der Waals surface area contributed by atoms with E-state index in [2.05, 4.69) is 34.2 Å². The van der Waals surface area contributed by atoms with Crippen LogP contribution in [0.4, 0.5) is 11.4 Å². The number of carbonyl (C=O) groups excluding carboxylic acids is 2. The fourth-order valence-corrected chi connectivity index (χ4v) is 3.85. The van der Waals surface area contributed by atoms with E-state index in [4.69, 9.17) is 0 Å². The number of hydrogen-bond donors (Lipinski definition) is 1. The molecule has 4 rings (SSSR count). The minimum absolute atomic E-state index is 0.283. The van der Waals surface area contributed by atoms with Gasteiger partial charge in [-0.3, -0.25) is 14.5 Å². The maximum Gasteiger partial charge on any atom is 0.277 e. The van der Waals surface area contributed by atoms with E-state index in [-0.39, 0.29) is 11.8 Å². The van der Waals surface area contributed by atoms with Crippen LogP contribution >= 0.6 is 0 Å². The van der Waals surface area contributed by atoms with Crippen LogP contribution in [0.15, 0.2) is 60.3 Å². The van der Waals surface area contributed by atoms with E-state index in [0.717, 1.165) is 48.9 Å². The van der Waals surface area contributed by atoms with Gasteiger partial charge in [-0.25, -0.2) is 0 Å². The molecular weight excluding hydrogens is 364 g/mol. The molecule has 0 saturated carbocycles. The molecule has 2 aromatic carbocycles. The Morgan fingerprint density at radius 2 is 1.52 bits per heavy atom. The van der Waals surface area contributed by atoms with Gasteiger partial charge < -0.3 is 15.1 Å². The average Bonchev–Trinajstić information content (AvgIpc) is 2.98. The van der Waals surface area contributed by atoms with E-state index in [1.165, 1.54) is 12.7 Å². The van der Waals surface area contributed by atoms with Gasteiger partial charge in [0.25, 0.3) is 11.8 Å². The topological polar surface area (TPSA) is 55.9 Å². The van der Waals surface area contributed by atoms with Gasteiger partial charge in [-0.2, -0.15) is 0 Å². The average molecular weight is 390 g/mol. The van der Waals surface area contributed by atoms with E-state index >= 15 is 0 Å². The summed E-state index contributed by atoms with van der Waals surface area (Å²) in [6, 6.07) is 17.4. The zero-order valence-electron chi connectivity index (χ0n) is 16.9. The molecule has 0 aromatic heterocycles. The first-order chi connectivity index (χ1) is 14.1. The number of piperazine rings is 1. The SMILES string of the molecule is CCN1CCN(c2ccc(NC3=C(c4ccccc4)C(=O)N(C)C3=O)cc2)CC1. The number of carbonyl (C=O) groups is 2. The van der Waals surface area contributed by atoms with Crippen molar-refractivity contribution in [3.63, 3.8) is 0 Å². The summed E-state index contributed by atoms with van der Waals surface area (Å²) < 4.78 is 0. The summed E-state index contributed by atoms with van der Waals surface area (Å²) >= 11 is 0. The van der Waals surface area contributed by atoms with E-state index in [9.17, 15) is 9.59 Å². The molecule has 1 fully saturated rings. The van der Waals surface area contributed by atoms with Gasteiger partial charge in [-0.15, -0.1) is 0 Å². The first-order valence-electron chi connectivity index (χ1n) is 10.0. The second kappa shape index (κ2) is 8.09. The van der Waals surface area contributed by atoms with Gasteiger partial charge in [0, 0.05) is 44.6 Å². The van der Waals surface area contributed by atoms with Crippen molar-refractivity contribution in [2.45, 2.75) is 6.92 Å². The largest absolute Gasteiger partial charge is 0.369 e. The van der Waals surface area contributed by atoms with Crippen LogP contribution in [-0.4, -0.2) is 61.4 Å². The van der Waals surface area contributed by atoms with Crippen molar-refractivity contribution in [3.05, 3.63) is 65.9 Å². The van der Waals surface area contributed by atoms with Crippen molar-refractivity contribution in [3.8, 4) is 0 Å². The fraction of sp³-hybridized carbons (Fsp3) is 0.304. The zero-order valence-corrected chi connectivity index (χ0v) is 16.9. The van der Waals surface area contributed by atoms with Crippen LogP contribution in [0.1, 0.15) is 12.5 Å². The Bertz CT molecular complexity index is 929. The van der Waals surface area contributed by atoms with Crippen molar-refractivity contribution in [1.82, 2.24) is 9.80 Å². The van der Waals surface area contributed by atoms with Crippen LogP contribution in [0, 0.1) is 0 Å². The van der Waals surface area contributed by atoms with Crippen LogP contribution < -0.4 is 10.2 Å². The lowest BCUT2D eigenvalue weighted by Crippen LogP contribution is -2.46. The number of rotatable bonds is 5. The highest BCUT2D eigenvalue weighted by atomic mass is 16.2. The number of benzene rings is 2. The summed E-state index contributed by atoms with van der Waals surface area (Å²) in [5, 5.41) is 3.19. The normalized spacial score (nSPS) is 18.0. The number of hydrogen-bond acceptors (Lipinski definition) is 5. The molecule has 6 heteroatoms. The molecular formula is C23H26N4O2. The monoisotopic (exact) mass is 390 g/mol. The smallest absolute Gasteiger partial charge is 0.277 e. The third-order valence-corrected chi connectivity index (χ3v) is 5.67. The minimum atomic E-state index is -0.311. The molecule has 29 heavy (non-hydrogen) atoms. The summed E-state index contributed by atoms with van der Waals surface area (Å²) in [5.41, 5.74) is 3.45. The van der Waals surface area contributed by atoms with Gasteiger partial charge in [-0.1, -0.05) is 37.3 Å². The Balaban J connectivity index is 1.55. The number of imide groups is 1. The van der Waals surface area contributed by atoms with E-state index in [1.807, 2.05) is 42.5 Å². The maximum absolute atomic E-state index is 12.6. The summed E-state index contributed by atoms with van der Waals surface area (Å²) in [6.07, 6.45) is 0. The quantitative estimate of drug-likeness (QED) is 0.796. The second-order valence-corrected chi connectivity index (χ2v) is 7.38. The van der Waals surface area contributed by atoms with Crippen LogP contribution in [0.5, 0.6) is 0 Å². The Kier molecular flexibility index (Phi) is 5.36. The van der Waals surface area contributed by atoms with E-state index in [1.54, 1.807) is 0 Å². The highest BCUT2D eigenvalue weighted by Gasteiger charge is 2.36. The molecule has 0 unspecified atom stereocenters. The predicted molar refractivity (Wildman–Crippen MR) is 116 cm³/mol. The summed E-state index contributed by atoms with van der Waals surface area (Å²) in [7, 11) is 1.52. The molecule has 0 bridgehead atoms. The zero-order chi connectivity index (χ0) is 20.4. The molecule has 6 nitrogen and oxygen atoms in total. The lowest BCUT2D eigenvalue weighted by atomic mass is 10.0.